The molecule has 0 bridgehead atoms. The van der Waals surface area contributed by atoms with Crippen LogP contribution in [0.25, 0.3) is 0 Å². The first kappa shape index (κ1) is 14.5. The molecular formula is C14H25BO2. The van der Waals surface area contributed by atoms with Gasteiger partial charge >= 0.3 is 7.12 Å². The van der Waals surface area contributed by atoms with Crippen LogP contribution in [0.5, 0.6) is 0 Å². The first-order valence-corrected chi connectivity index (χ1v) is 6.33. The highest BCUT2D eigenvalue weighted by Crippen LogP contribution is 2.38. The summed E-state index contributed by atoms with van der Waals surface area (Å²) in [4.78, 5) is 0. The Bertz CT molecular complexity index is 302. The Labute approximate surface area is 106 Å². The molecule has 0 N–H and O–H groups in total. The molecule has 0 radical (unpaired) electrons. The van der Waals surface area contributed by atoms with Crippen LogP contribution in [-0.4, -0.2) is 18.3 Å². The zero-order chi connectivity index (χ0) is 13.3. The molecule has 0 amide bonds. The second-order valence-corrected chi connectivity index (χ2v) is 6.06. The molecule has 0 atom stereocenters. The summed E-state index contributed by atoms with van der Waals surface area (Å²) in [5, 5.41) is 0. The molecule has 0 aromatic rings. The molecule has 0 spiro atoms. The molecule has 1 fully saturated rings. The summed E-state index contributed by atoms with van der Waals surface area (Å²) < 4.78 is 11.9. The van der Waals surface area contributed by atoms with E-state index in [4.69, 9.17) is 9.31 Å². The molecule has 17 heavy (non-hydrogen) atoms. The smallest absolute Gasteiger partial charge is 0.400 e. The van der Waals surface area contributed by atoms with E-state index in [0.717, 1.165) is 24.7 Å². The van der Waals surface area contributed by atoms with Gasteiger partial charge in [0, 0.05) is 0 Å². The van der Waals surface area contributed by atoms with Crippen LogP contribution >= 0.6 is 0 Å². The zero-order valence-electron chi connectivity index (χ0n) is 11.9. The lowest BCUT2D eigenvalue weighted by molar-refractivity contribution is 0.00578. The predicted octanol–water partition coefficient (Wildman–Crippen LogP) is 3.92. The third-order valence-corrected chi connectivity index (χ3v) is 3.69. The van der Waals surface area contributed by atoms with E-state index >= 15 is 0 Å². The number of allylic oxidation sites excluding steroid dienone is 2. The van der Waals surface area contributed by atoms with Crippen molar-refractivity contribution in [1.29, 1.82) is 0 Å². The van der Waals surface area contributed by atoms with E-state index in [1.807, 2.05) is 0 Å². The number of rotatable bonds is 5. The Kier molecular flexibility index (Phi) is 4.26. The van der Waals surface area contributed by atoms with Crippen molar-refractivity contribution in [3.63, 3.8) is 0 Å². The Morgan fingerprint density at radius 3 is 1.88 bits per heavy atom. The minimum Gasteiger partial charge on any atom is -0.400 e. The van der Waals surface area contributed by atoms with Crippen molar-refractivity contribution < 1.29 is 9.31 Å². The van der Waals surface area contributed by atoms with Gasteiger partial charge in [0.15, 0.2) is 0 Å². The van der Waals surface area contributed by atoms with Crippen molar-refractivity contribution in [2.45, 2.75) is 65.1 Å². The van der Waals surface area contributed by atoms with E-state index < -0.39 is 0 Å². The van der Waals surface area contributed by atoms with Gasteiger partial charge in [0.05, 0.1) is 11.2 Å². The molecule has 0 aliphatic carbocycles. The van der Waals surface area contributed by atoms with Crippen LogP contribution in [-0.2, 0) is 9.31 Å². The van der Waals surface area contributed by atoms with Crippen molar-refractivity contribution in [3.8, 4) is 0 Å². The minimum atomic E-state index is -0.269. The normalized spacial score (nSPS) is 21.6. The fourth-order valence-corrected chi connectivity index (χ4v) is 1.74. The Morgan fingerprint density at radius 2 is 1.47 bits per heavy atom. The van der Waals surface area contributed by atoms with Crippen LogP contribution < -0.4 is 0 Å². The summed E-state index contributed by atoms with van der Waals surface area (Å²) in [7, 11) is -0.259. The SMILES string of the molecule is C=C(C)CCCC(=C)B1OC(C)(C)C(C)(C)O1. The van der Waals surface area contributed by atoms with Crippen LogP contribution in [0.15, 0.2) is 24.2 Å². The second kappa shape index (κ2) is 4.99. The summed E-state index contributed by atoms with van der Waals surface area (Å²) in [6.07, 6.45) is 3.04. The number of hydrogen-bond donors (Lipinski definition) is 0. The lowest BCUT2D eigenvalue weighted by atomic mass is 9.76. The lowest BCUT2D eigenvalue weighted by Crippen LogP contribution is -2.41. The summed E-state index contributed by atoms with van der Waals surface area (Å²) in [6.45, 7) is 18.3. The van der Waals surface area contributed by atoms with E-state index in [1.165, 1.54) is 5.57 Å². The second-order valence-electron chi connectivity index (χ2n) is 6.06. The lowest BCUT2D eigenvalue weighted by Gasteiger charge is -2.32. The third kappa shape index (κ3) is 3.46. The van der Waals surface area contributed by atoms with Crippen molar-refractivity contribution in [3.05, 3.63) is 24.2 Å². The molecule has 1 aliphatic heterocycles. The molecule has 1 heterocycles. The molecule has 0 aromatic heterocycles. The van der Waals surface area contributed by atoms with Gasteiger partial charge in [0.25, 0.3) is 0 Å². The maximum absolute atomic E-state index is 5.94. The van der Waals surface area contributed by atoms with Gasteiger partial charge < -0.3 is 9.31 Å². The number of hydrogen-bond acceptors (Lipinski definition) is 2. The zero-order valence-corrected chi connectivity index (χ0v) is 11.9. The van der Waals surface area contributed by atoms with Gasteiger partial charge in [-0.15, -0.1) is 13.2 Å². The first-order chi connectivity index (χ1) is 7.66. The summed E-state index contributed by atoms with van der Waals surface area (Å²) in [5.74, 6) is 0. The van der Waals surface area contributed by atoms with E-state index in [1.54, 1.807) is 0 Å². The van der Waals surface area contributed by atoms with Crippen molar-refractivity contribution in [1.82, 2.24) is 0 Å². The van der Waals surface area contributed by atoms with Gasteiger partial charge in [0.2, 0.25) is 0 Å². The Balaban J connectivity index is 2.48. The van der Waals surface area contributed by atoms with Crippen LogP contribution in [0.2, 0.25) is 0 Å². The molecule has 96 valence electrons. The van der Waals surface area contributed by atoms with Crippen molar-refractivity contribution >= 4 is 7.12 Å². The average molecular weight is 236 g/mol. The highest BCUT2D eigenvalue weighted by atomic mass is 16.7. The van der Waals surface area contributed by atoms with E-state index in [0.29, 0.717) is 0 Å². The van der Waals surface area contributed by atoms with Crippen molar-refractivity contribution in [2.75, 3.05) is 0 Å². The van der Waals surface area contributed by atoms with Gasteiger partial charge in [-0.2, -0.15) is 0 Å². The molecule has 1 rings (SSSR count). The Morgan fingerprint density at radius 1 is 1.00 bits per heavy atom. The highest BCUT2D eigenvalue weighted by Gasteiger charge is 2.51. The standard InChI is InChI=1S/C14H25BO2/c1-11(2)9-8-10-12(3)15-16-13(4,5)14(6,7)17-15/h1,3,8-10H2,2,4-7H3. The quantitative estimate of drug-likeness (QED) is 0.532. The van der Waals surface area contributed by atoms with Crippen LogP contribution in [0, 0.1) is 0 Å². The van der Waals surface area contributed by atoms with Gasteiger partial charge in [-0.25, -0.2) is 0 Å². The van der Waals surface area contributed by atoms with Gasteiger partial charge in [-0.1, -0.05) is 5.57 Å². The first-order valence-electron chi connectivity index (χ1n) is 6.33. The largest absolute Gasteiger partial charge is 0.489 e. The van der Waals surface area contributed by atoms with Gasteiger partial charge in [-0.05, 0) is 59.4 Å². The predicted molar refractivity (Wildman–Crippen MR) is 73.9 cm³/mol. The van der Waals surface area contributed by atoms with Crippen LogP contribution in [0.3, 0.4) is 0 Å². The van der Waals surface area contributed by atoms with Crippen molar-refractivity contribution in [2.24, 2.45) is 0 Å². The topological polar surface area (TPSA) is 18.5 Å². The molecule has 1 saturated heterocycles. The molecule has 2 nitrogen and oxygen atoms in total. The Hall–Kier alpha value is -0.535. The summed E-state index contributed by atoms with van der Waals surface area (Å²) in [5.41, 5.74) is 1.71. The van der Waals surface area contributed by atoms with Gasteiger partial charge in [-0.3, -0.25) is 0 Å². The van der Waals surface area contributed by atoms with Crippen LogP contribution in [0.1, 0.15) is 53.9 Å². The maximum Gasteiger partial charge on any atom is 0.489 e. The fourth-order valence-electron chi connectivity index (χ4n) is 1.74. The highest BCUT2D eigenvalue weighted by molar-refractivity contribution is 6.54. The van der Waals surface area contributed by atoms with E-state index in [-0.39, 0.29) is 18.3 Å². The molecule has 0 saturated carbocycles. The van der Waals surface area contributed by atoms with Crippen LogP contribution in [0.4, 0.5) is 0 Å². The minimum absolute atomic E-state index is 0.259. The molecule has 1 aliphatic rings. The molecule has 0 aromatic carbocycles. The van der Waals surface area contributed by atoms with Gasteiger partial charge in [0.1, 0.15) is 0 Å². The fraction of sp³-hybridized carbons (Fsp3) is 0.714. The maximum atomic E-state index is 5.94. The summed E-state index contributed by atoms with van der Waals surface area (Å²) >= 11 is 0. The van der Waals surface area contributed by atoms with E-state index in [9.17, 15) is 0 Å². The van der Waals surface area contributed by atoms with E-state index in [2.05, 4.69) is 47.8 Å². The summed E-state index contributed by atoms with van der Waals surface area (Å²) in [6, 6.07) is 0. The molecule has 0 unspecified atom stereocenters. The third-order valence-electron chi connectivity index (χ3n) is 3.69. The molecule has 3 heteroatoms. The average Bonchev–Trinajstić information content (AvgIpc) is 2.35. The monoisotopic (exact) mass is 236 g/mol. The molecular weight excluding hydrogens is 211 g/mol.